The number of nitrogens with one attached hydrogen (secondary N) is 1. The summed E-state index contributed by atoms with van der Waals surface area (Å²) in [4.78, 5) is 11.8. The molecular formula is C16H24BNO3. The van der Waals surface area contributed by atoms with E-state index < -0.39 is 7.12 Å². The lowest BCUT2D eigenvalue weighted by Gasteiger charge is -2.32. The molecule has 1 heterocycles. The highest BCUT2D eigenvalue weighted by molar-refractivity contribution is 6.62. The number of likely N-dealkylation sites (N-methyl/N-ethyl adjacent to an activating group) is 1. The Hall–Kier alpha value is -1.33. The van der Waals surface area contributed by atoms with Crippen molar-refractivity contribution in [2.24, 2.45) is 0 Å². The second-order valence-electron chi connectivity index (χ2n) is 6.42. The molecule has 2 rings (SSSR count). The van der Waals surface area contributed by atoms with Crippen molar-refractivity contribution in [3.63, 3.8) is 0 Å². The predicted molar refractivity (Wildman–Crippen MR) is 84.5 cm³/mol. The molecule has 21 heavy (non-hydrogen) atoms. The van der Waals surface area contributed by atoms with Crippen molar-refractivity contribution < 1.29 is 14.1 Å². The van der Waals surface area contributed by atoms with Crippen LogP contribution in [0.2, 0.25) is 0 Å². The SMILES string of the molecule is CCNC(=O)Cc1ccccc1B1OC(C)(C)C(C)(C)O1. The number of carbonyl (C=O) groups excluding carboxylic acids is 1. The van der Waals surface area contributed by atoms with Crippen LogP contribution in [0, 0.1) is 0 Å². The fourth-order valence-corrected chi connectivity index (χ4v) is 2.33. The molecule has 0 aromatic heterocycles. The van der Waals surface area contributed by atoms with E-state index in [1.54, 1.807) is 0 Å². The monoisotopic (exact) mass is 289 g/mol. The van der Waals surface area contributed by atoms with Gasteiger partial charge in [-0.2, -0.15) is 0 Å². The quantitative estimate of drug-likeness (QED) is 0.858. The molecule has 114 valence electrons. The Balaban J connectivity index is 2.24. The van der Waals surface area contributed by atoms with Crippen LogP contribution in [0.25, 0.3) is 0 Å². The number of carbonyl (C=O) groups is 1. The van der Waals surface area contributed by atoms with Crippen LogP contribution in [-0.2, 0) is 20.5 Å². The summed E-state index contributed by atoms with van der Waals surface area (Å²) in [6.07, 6.45) is 0.341. The molecule has 0 spiro atoms. The van der Waals surface area contributed by atoms with Gasteiger partial charge >= 0.3 is 7.12 Å². The van der Waals surface area contributed by atoms with Crippen LogP contribution in [0.5, 0.6) is 0 Å². The minimum absolute atomic E-state index is 0.0152. The first-order chi connectivity index (χ1) is 9.77. The third-order valence-electron chi connectivity index (χ3n) is 4.29. The first kappa shape index (κ1) is 16.1. The van der Waals surface area contributed by atoms with E-state index >= 15 is 0 Å². The van der Waals surface area contributed by atoms with Gasteiger partial charge in [0, 0.05) is 6.54 Å². The highest BCUT2D eigenvalue weighted by Crippen LogP contribution is 2.36. The Morgan fingerprint density at radius 2 is 1.71 bits per heavy atom. The smallest absolute Gasteiger partial charge is 0.399 e. The summed E-state index contributed by atoms with van der Waals surface area (Å²) >= 11 is 0. The summed E-state index contributed by atoms with van der Waals surface area (Å²) < 4.78 is 12.2. The van der Waals surface area contributed by atoms with E-state index in [9.17, 15) is 4.79 Å². The molecule has 1 aromatic carbocycles. The van der Waals surface area contributed by atoms with E-state index in [-0.39, 0.29) is 17.1 Å². The molecule has 0 radical (unpaired) electrons. The van der Waals surface area contributed by atoms with Crippen LogP contribution < -0.4 is 10.8 Å². The lowest BCUT2D eigenvalue weighted by molar-refractivity contribution is -0.120. The molecule has 1 aliphatic heterocycles. The Morgan fingerprint density at radius 3 is 2.29 bits per heavy atom. The van der Waals surface area contributed by atoms with Gasteiger partial charge < -0.3 is 14.6 Å². The van der Waals surface area contributed by atoms with Gasteiger partial charge in [-0.15, -0.1) is 0 Å². The van der Waals surface area contributed by atoms with Crippen LogP contribution in [0.1, 0.15) is 40.2 Å². The van der Waals surface area contributed by atoms with E-state index in [0.717, 1.165) is 11.0 Å². The van der Waals surface area contributed by atoms with Gasteiger partial charge in [0.25, 0.3) is 0 Å². The normalized spacial score (nSPS) is 19.6. The first-order valence-electron chi connectivity index (χ1n) is 7.47. The average Bonchev–Trinajstić information content (AvgIpc) is 2.59. The van der Waals surface area contributed by atoms with E-state index in [1.165, 1.54) is 0 Å². The maximum atomic E-state index is 11.8. The molecule has 0 bridgehead atoms. The molecule has 1 fully saturated rings. The van der Waals surface area contributed by atoms with E-state index in [2.05, 4.69) is 5.32 Å². The van der Waals surface area contributed by atoms with Gasteiger partial charge in [-0.3, -0.25) is 4.79 Å². The highest BCUT2D eigenvalue weighted by atomic mass is 16.7. The van der Waals surface area contributed by atoms with Crippen LogP contribution in [0.4, 0.5) is 0 Å². The van der Waals surface area contributed by atoms with Gasteiger partial charge in [0.05, 0.1) is 17.6 Å². The van der Waals surface area contributed by atoms with Crippen molar-refractivity contribution in [3.8, 4) is 0 Å². The van der Waals surface area contributed by atoms with Crippen LogP contribution in [0.15, 0.2) is 24.3 Å². The molecule has 0 unspecified atom stereocenters. The third kappa shape index (κ3) is 3.30. The summed E-state index contributed by atoms with van der Waals surface area (Å²) in [5.74, 6) is 0.0152. The lowest BCUT2D eigenvalue weighted by atomic mass is 9.75. The van der Waals surface area contributed by atoms with Gasteiger partial charge in [0.2, 0.25) is 5.91 Å². The Labute approximate surface area is 127 Å². The summed E-state index contributed by atoms with van der Waals surface area (Å²) in [5.41, 5.74) is 1.12. The Morgan fingerprint density at radius 1 is 1.14 bits per heavy atom. The van der Waals surface area contributed by atoms with E-state index in [0.29, 0.717) is 13.0 Å². The molecular weight excluding hydrogens is 265 g/mol. The number of hydrogen-bond donors (Lipinski definition) is 1. The van der Waals surface area contributed by atoms with Crippen molar-refractivity contribution in [2.45, 2.75) is 52.2 Å². The van der Waals surface area contributed by atoms with Crippen molar-refractivity contribution in [1.82, 2.24) is 5.32 Å². The average molecular weight is 289 g/mol. The van der Waals surface area contributed by atoms with Gasteiger partial charge in [0.15, 0.2) is 0 Å². The number of amides is 1. The fraction of sp³-hybridized carbons (Fsp3) is 0.562. The number of hydrogen-bond acceptors (Lipinski definition) is 3. The first-order valence-corrected chi connectivity index (χ1v) is 7.47. The molecule has 0 aliphatic carbocycles. The van der Waals surface area contributed by atoms with E-state index in [1.807, 2.05) is 58.9 Å². The van der Waals surface area contributed by atoms with Crippen LogP contribution >= 0.6 is 0 Å². The molecule has 0 atom stereocenters. The maximum absolute atomic E-state index is 11.8. The van der Waals surface area contributed by atoms with Crippen LogP contribution in [-0.4, -0.2) is 30.8 Å². The summed E-state index contributed by atoms with van der Waals surface area (Å²) in [5, 5.41) is 2.82. The fourth-order valence-electron chi connectivity index (χ4n) is 2.33. The van der Waals surface area contributed by atoms with Crippen molar-refractivity contribution in [2.75, 3.05) is 6.54 Å². The topological polar surface area (TPSA) is 47.6 Å². The predicted octanol–water partition coefficient (Wildman–Crippen LogP) is 1.66. The minimum atomic E-state index is -0.430. The summed E-state index contributed by atoms with van der Waals surface area (Å²) in [6.45, 7) is 10.7. The molecule has 1 N–H and O–H groups in total. The van der Waals surface area contributed by atoms with Gasteiger partial charge in [-0.1, -0.05) is 24.3 Å². The minimum Gasteiger partial charge on any atom is -0.399 e. The molecule has 1 aliphatic rings. The number of benzene rings is 1. The van der Waals surface area contributed by atoms with Crippen molar-refractivity contribution >= 4 is 18.5 Å². The third-order valence-corrected chi connectivity index (χ3v) is 4.29. The standard InChI is InChI=1S/C16H24BNO3/c1-6-18-14(19)11-12-9-7-8-10-13(12)17-20-15(2,3)16(4,5)21-17/h7-10H,6,11H2,1-5H3,(H,18,19). The lowest BCUT2D eigenvalue weighted by Crippen LogP contribution is -2.41. The highest BCUT2D eigenvalue weighted by Gasteiger charge is 2.52. The van der Waals surface area contributed by atoms with Gasteiger partial charge in [-0.05, 0) is 45.6 Å². The largest absolute Gasteiger partial charge is 0.495 e. The molecule has 1 amide bonds. The van der Waals surface area contributed by atoms with Crippen molar-refractivity contribution in [3.05, 3.63) is 29.8 Å². The zero-order valence-electron chi connectivity index (χ0n) is 13.5. The second kappa shape index (κ2) is 5.81. The van der Waals surface area contributed by atoms with Crippen molar-refractivity contribution in [1.29, 1.82) is 0 Å². The van der Waals surface area contributed by atoms with Gasteiger partial charge in [-0.25, -0.2) is 0 Å². The second-order valence-corrected chi connectivity index (χ2v) is 6.42. The van der Waals surface area contributed by atoms with E-state index in [4.69, 9.17) is 9.31 Å². The summed E-state index contributed by atoms with van der Waals surface area (Å²) in [7, 11) is -0.430. The van der Waals surface area contributed by atoms with Crippen LogP contribution in [0.3, 0.4) is 0 Å². The zero-order chi connectivity index (χ0) is 15.7. The zero-order valence-corrected chi connectivity index (χ0v) is 13.5. The molecule has 5 heteroatoms. The Kier molecular flexibility index (Phi) is 4.44. The molecule has 1 saturated heterocycles. The van der Waals surface area contributed by atoms with Gasteiger partial charge in [0.1, 0.15) is 0 Å². The summed E-state index contributed by atoms with van der Waals surface area (Å²) in [6, 6.07) is 7.80. The molecule has 4 nitrogen and oxygen atoms in total. The maximum Gasteiger partial charge on any atom is 0.495 e. The molecule has 0 saturated carbocycles. The number of rotatable bonds is 4. The molecule has 1 aromatic rings. The Bertz CT molecular complexity index is 512.